The van der Waals surface area contributed by atoms with E-state index in [1.165, 1.54) is 20.1 Å². The predicted molar refractivity (Wildman–Crippen MR) is 133 cm³/mol. The second-order valence-electron chi connectivity index (χ2n) is 7.37. The number of thioether (sulfide) groups is 1. The average Bonchev–Trinajstić information content (AvgIpc) is 3.28. The molecule has 0 aromatic heterocycles. The van der Waals surface area contributed by atoms with Gasteiger partial charge in [-0.3, -0.25) is 10.2 Å². The SMILES string of the molecule is CCS(=O)(=O)C1=NN2C(=N)/C(=C/c3ccc(O[C@H](C)c4ccccc4)c(OC)c3)C(=O)N=C2S1. The summed E-state index contributed by atoms with van der Waals surface area (Å²) in [5.74, 6) is -0.0449. The van der Waals surface area contributed by atoms with Gasteiger partial charge in [-0.15, -0.1) is 5.10 Å². The second-order valence-corrected chi connectivity index (χ2v) is 10.8. The molecule has 2 aromatic rings. The molecule has 0 saturated carbocycles. The van der Waals surface area contributed by atoms with Crippen LogP contribution in [0.3, 0.4) is 0 Å². The van der Waals surface area contributed by atoms with E-state index in [0.717, 1.165) is 22.3 Å². The third-order valence-electron chi connectivity index (χ3n) is 5.15. The number of amides is 1. The molecule has 9 nitrogen and oxygen atoms in total. The van der Waals surface area contributed by atoms with Gasteiger partial charge in [-0.1, -0.05) is 43.3 Å². The van der Waals surface area contributed by atoms with Gasteiger partial charge in [0.1, 0.15) is 6.10 Å². The first kappa shape index (κ1) is 23.7. The molecule has 11 heteroatoms. The van der Waals surface area contributed by atoms with Crippen LogP contribution >= 0.6 is 11.8 Å². The zero-order chi connectivity index (χ0) is 24.5. The zero-order valence-electron chi connectivity index (χ0n) is 18.7. The highest BCUT2D eigenvalue weighted by Crippen LogP contribution is 2.34. The number of benzene rings is 2. The first-order valence-corrected chi connectivity index (χ1v) is 12.8. The topological polar surface area (TPSA) is 121 Å². The highest BCUT2D eigenvalue weighted by atomic mass is 32.3. The van der Waals surface area contributed by atoms with Crippen LogP contribution in [0.1, 0.15) is 31.1 Å². The Bertz CT molecular complexity index is 1350. The number of aliphatic imine (C=N–C) groups is 1. The number of hydrogen-bond acceptors (Lipinski definition) is 8. The van der Waals surface area contributed by atoms with Crippen molar-refractivity contribution in [1.29, 1.82) is 5.41 Å². The lowest BCUT2D eigenvalue weighted by Gasteiger charge is -2.20. The number of hydrogen-bond donors (Lipinski definition) is 1. The van der Waals surface area contributed by atoms with Gasteiger partial charge in [-0.25, -0.2) is 8.42 Å². The molecule has 0 bridgehead atoms. The van der Waals surface area contributed by atoms with E-state index in [0.29, 0.717) is 17.1 Å². The molecule has 2 aromatic carbocycles. The van der Waals surface area contributed by atoms with Gasteiger partial charge in [-0.2, -0.15) is 10.0 Å². The Labute approximate surface area is 201 Å². The van der Waals surface area contributed by atoms with Crippen LogP contribution in [0.4, 0.5) is 0 Å². The summed E-state index contributed by atoms with van der Waals surface area (Å²) in [7, 11) is -2.07. The molecule has 1 atom stereocenters. The fourth-order valence-corrected chi connectivity index (χ4v) is 5.41. The summed E-state index contributed by atoms with van der Waals surface area (Å²) in [6.07, 6.45) is 1.28. The van der Waals surface area contributed by atoms with Crippen LogP contribution in [-0.4, -0.2) is 47.6 Å². The molecule has 0 fully saturated rings. The van der Waals surface area contributed by atoms with Crippen molar-refractivity contribution in [3.05, 3.63) is 65.2 Å². The minimum atomic E-state index is -3.58. The molecule has 2 aliphatic rings. The highest BCUT2D eigenvalue weighted by Gasteiger charge is 2.39. The van der Waals surface area contributed by atoms with Crippen molar-refractivity contribution >= 4 is 49.0 Å². The number of sulfone groups is 1. The Kier molecular flexibility index (Phi) is 6.58. The largest absolute Gasteiger partial charge is 0.493 e. The molecule has 0 saturated heterocycles. The molecular weight excluding hydrogens is 476 g/mol. The second kappa shape index (κ2) is 9.43. The molecule has 1 amide bonds. The summed E-state index contributed by atoms with van der Waals surface area (Å²) in [5.41, 5.74) is 1.58. The Morgan fingerprint density at radius 1 is 1.18 bits per heavy atom. The molecule has 0 unspecified atom stereocenters. The van der Waals surface area contributed by atoms with Crippen LogP contribution in [0, 0.1) is 5.41 Å². The summed E-state index contributed by atoms with van der Waals surface area (Å²) in [6.45, 7) is 3.44. The van der Waals surface area contributed by atoms with E-state index in [2.05, 4.69) is 10.1 Å². The fraction of sp³-hybridized carbons (Fsp3) is 0.217. The highest BCUT2D eigenvalue weighted by molar-refractivity contribution is 8.42. The maximum Gasteiger partial charge on any atom is 0.283 e. The van der Waals surface area contributed by atoms with Gasteiger partial charge < -0.3 is 9.47 Å². The number of nitrogens with zero attached hydrogens (tertiary/aromatic N) is 3. The molecule has 1 N–H and O–H groups in total. The van der Waals surface area contributed by atoms with Gasteiger partial charge in [0.15, 0.2) is 17.3 Å². The minimum absolute atomic E-state index is 0.0170. The fourth-order valence-electron chi connectivity index (χ4n) is 3.24. The number of ether oxygens (including phenoxy) is 2. The van der Waals surface area contributed by atoms with Crippen LogP contribution < -0.4 is 9.47 Å². The van der Waals surface area contributed by atoms with Crippen molar-refractivity contribution in [1.82, 2.24) is 5.01 Å². The predicted octanol–water partition coefficient (Wildman–Crippen LogP) is 3.85. The van der Waals surface area contributed by atoms with Crippen molar-refractivity contribution in [3.63, 3.8) is 0 Å². The van der Waals surface area contributed by atoms with Crippen molar-refractivity contribution in [2.45, 2.75) is 20.0 Å². The summed E-state index contributed by atoms with van der Waals surface area (Å²) in [4.78, 5) is 16.5. The van der Waals surface area contributed by atoms with Gasteiger partial charge in [0.2, 0.25) is 19.4 Å². The number of hydrazone groups is 1. The Morgan fingerprint density at radius 3 is 2.59 bits per heavy atom. The molecule has 0 spiro atoms. The van der Waals surface area contributed by atoms with E-state index in [-0.39, 0.29) is 32.8 Å². The Morgan fingerprint density at radius 2 is 1.91 bits per heavy atom. The number of nitrogens with one attached hydrogen (secondary N) is 1. The number of amidine groups is 2. The lowest BCUT2D eigenvalue weighted by Crippen LogP contribution is -2.35. The summed E-state index contributed by atoms with van der Waals surface area (Å²) < 4.78 is 35.6. The lowest BCUT2D eigenvalue weighted by atomic mass is 10.1. The first-order valence-electron chi connectivity index (χ1n) is 10.4. The minimum Gasteiger partial charge on any atom is -0.493 e. The van der Waals surface area contributed by atoms with Gasteiger partial charge in [0.05, 0.1) is 18.4 Å². The molecule has 0 radical (unpaired) electrons. The number of methoxy groups -OCH3 is 1. The van der Waals surface area contributed by atoms with Crippen LogP contribution in [0.2, 0.25) is 0 Å². The van der Waals surface area contributed by atoms with E-state index in [4.69, 9.17) is 14.9 Å². The first-order chi connectivity index (χ1) is 16.2. The van der Waals surface area contributed by atoms with Crippen LogP contribution in [-0.2, 0) is 14.6 Å². The molecule has 0 aliphatic carbocycles. The number of carbonyl (C=O) groups excluding carboxylic acids is 1. The Hall–Kier alpha value is -3.44. The van der Waals surface area contributed by atoms with Crippen molar-refractivity contribution in [2.75, 3.05) is 12.9 Å². The molecule has 2 heterocycles. The smallest absolute Gasteiger partial charge is 0.283 e. The van der Waals surface area contributed by atoms with Gasteiger partial charge >= 0.3 is 0 Å². The summed E-state index contributed by atoms with van der Waals surface area (Å²) >= 11 is 0.766. The lowest BCUT2D eigenvalue weighted by molar-refractivity contribution is -0.114. The number of rotatable bonds is 6. The zero-order valence-corrected chi connectivity index (χ0v) is 20.3. The summed E-state index contributed by atoms with van der Waals surface area (Å²) in [6, 6.07) is 14.9. The average molecular weight is 499 g/mol. The third-order valence-corrected chi connectivity index (χ3v) is 8.24. The number of carbonyl (C=O) groups is 1. The standard InChI is InChI=1S/C23H22N4O5S2/c1-4-34(29,30)23-26-27-20(24)17(21(28)25-22(27)33-23)12-15-10-11-18(19(13-15)31-3)32-14(2)16-8-6-5-7-9-16/h5-14,24H,4H2,1-3H3/b17-12-,24-20?/t14-/m1/s1. The quantitative estimate of drug-likeness (QED) is 0.601. The molecule has 4 rings (SSSR count). The summed E-state index contributed by atoms with van der Waals surface area (Å²) in [5, 5.41) is 13.5. The molecule has 176 valence electrons. The van der Waals surface area contributed by atoms with E-state index in [1.807, 2.05) is 37.3 Å². The number of fused-ring (bicyclic) bond motifs is 1. The van der Waals surface area contributed by atoms with E-state index < -0.39 is 15.7 Å². The maximum atomic E-state index is 12.6. The van der Waals surface area contributed by atoms with Crippen LogP contribution in [0.5, 0.6) is 11.5 Å². The molecule has 34 heavy (non-hydrogen) atoms. The monoisotopic (exact) mass is 498 g/mol. The van der Waals surface area contributed by atoms with Gasteiger partial charge in [-0.05, 0) is 48.0 Å². The van der Waals surface area contributed by atoms with Crippen LogP contribution in [0.15, 0.2) is 64.2 Å². The van der Waals surface area contributed by atoms with Gasteiger partial charge in [0.25, 0.3) is 5.91 Å². The van der Waals surface area contributed by atoms with Crippen molar-refractivity contribution in [3.8, 4) is 11.5 Å². The molecular formula is C23H22N4O5S2. The normalized spacial score (nSPS) is 17.9. The Balaban J connectivity index is 1.60. The van der Waals surface area contributed by atoms with Crippen molar-refractivity contribution < 1.29 is 22.7 Å². The van der Waals surface area contributed by atoms with Crippen LogP contribution in [0.25, 0.3) is 6.08 Å². The van der Waals surface area contributed by atoms with Crippen molar-refractivity contribution in [2.24, 2.45) is 10.1 Å². The maximum absolute atomic E-state index is 12.6. The third kappa shape index (κ3) is 4.62. The van der Waals surface area contributed by atoms with E-state index in [9.17, 15) is 13.2 Å². The molecule has 2 aliphatic heterocycles. The van der Waals surface area contributed by atoms with Gasteiger partial charge in [0, 0.05) is 0 Å². The van der Waals surface area contributed by atoms with E-state index >= 15 is 0 Å². The van der Waals surface area contributed by atoms with E-state index in [1.54, 1.807) is 18.2 Å².